The van der Waals surface area contributed by atoms with E-state index in [0.29, 0.717) is 18.3 Å². The zero-order valence-corrected chi connectivity index (χ0v) is 14.9. The SMILES string of the molecule is CN(CC1CN(c2ccccc2)C(=O)O1)C(=O)c1cnc(C2CC2)[nH]c1=O. The number of ether oxygens (including phenoxy) is 1. The second-order valence-electron chi connectivity index (χ2n) is 6.92. The van der Waals surface area contributed by atoms with E-state index in [0.717, 1.165) is 18.5 Å². The van der Waals surface area contributed by atoms with Crippen molar-refractivity contribution in [1.82, 2.24) is 14.9 Å². The summed E-state index contributed by atoms with van der Waals surface area (Å²) in [6.07, 6.45) is 2.45. The summed E-state index contributed by atoms with van der Waals surface area (Å²) in [6.45, 7) is 0.535. The number of likely N-dealkylation sites (N-methyl/N-ethyl adjacent to an activating group) is 1. The second kappa shape index (κ2) is 6.86. The predicted molar refractivity (Wildman–Crippen MR) is 97.9 cm³/mol. The van der Waals surface area contributed by atoms with Crippen molar-refractivity contribution in [3.05, 3.63) is 58.3 Å². The summed E-state index contributed by atoms with van der Waals surface area (Å²) in [6, 6.07) is 9.21. The summed E-state index contributed by atoms with van der Waals surface area (Å²) in [5.74, 6) is 0.504. The number of hydrogen-bond donors (Lipinski definition) is 1. The normalized spacial score (nSPS) is 19.1. The van der Waals surface area contributed by atoms with E-state index < -0.39 is 23.7 Å². The molecule has 2 aromatic rings. The van der Waals surface area contributed by atoms with Crippen molar-refractivity contribution >= 4 is 17.7 Å². The number of carbonyl (C=O) groups is 2. The summed E-state index contributed by atoms with van der Waals surface area (Å²) >= 11 is 0. The number of nitrogens with zero attached hydrogens (tertiary/aromatic N) is 3. The van der Waals surface area contributed by atoms with E-state index in [4.69, 9.17) is 4.74 Å². The standard InChI is InChI=1S/C19H20N4O4/c1-22(18(25)15-9-20-16(12-7-8-12)21-17(15)24)10-14-11-23(19(26)27-14)13-5-3-2-4-6-13/h2-6,9,12,14H,7-8,10-11H2,1H3,(H,20,21,24). The minimum atomic E-state index is -0.468. The largest absolute Gasteiger partial charge is 0.442 e. The molecule has 1 aromatic heterocycles. The van der Waals surface area contributed by atoms with Gasteiger partial charge in [-0.3, -0.25) is 14.5 Å². The topological polar surface area (TPSA) is 95.6 Å². The number of cyclic esters (lactones) is 1. The van der Waals surface area contributed by atoms with Gasteiger partial charge in [-0.1, -0.05) is 18.2 Å². The minimum Gasteiger partial charge on any atom is -0.442 e. The lowest BCUT2D eigenvalue weighted by Crippen LogP contribution is -2.38. The molecule has 2 heterocycles. The lowest BCUT2D eigenvalue weighted by atomic mass is 10.2. The van der Waals surface area contributed by atoms with Crippen molar-refractivity contribution in [2.24, 2.45) is 0 Å². The average Bonchev–Trinajstić information content (AvgIpc) is 3.45. The van der Waals surface area contributed by atoms with Gasteiger partial charge in [0, 0.05) is 24.8 Å². The van der Waals surface area contributed by atoms with Gasteiger partial charge in [0.1, 0.15) is 17.5 Å². The molecule has 1 saturated heterocycles. The molecular formula is C19H20N4O4. The predicted octanol–water partition coefficient (Wildman–Crippen LogP) is 1.74. The number of rotatable bonds is 5. The van der Waals surface area contributed by atoms with E-state index in [1.165, 1.54) is 16.0 Å². The first kappa shape index (κ1) is 17.3. The molecule has 2 fully saturated rings. The third kappa shape index (κ3) is 3.55. The van der Waals surface area contributed by atoms with Gasteiger partial charge in [-0.05, 0) is 25.0 Å². The summed E-state index contributed by atoms with van der Waals surface area (Å²) in [7, 11) is 1.58. The maximum atomic E-state index is 12.6. The fraction of sp³-hybridized carbons (Fsp3) is 0.368. The molecule has 0 spiro atoms. The molecule has 8 nitrogen and oxygen atoms in total. The van der Waals surface area contributed by atoms with Gasteiger partial charge >= 0.3 is 6.09 Å². The maximum absolute atomic E-state index is 12.6. The van der Waals surface area contributed by atoms with Crippen molar-refractivity contribution < 1.29 is 14.3 Å². The number of aromatic nitrogens is 2. The number of amides is 2. The van der Waals surface area contributed by atoms with E-state index in [-0.39, 0.29) is 12.1 Å². The highest BCUT2D eigenvalue weighted by Gasteiger charge is 2.34. The van der Waals surface area contributed by atoms with Gasteiger partial charge in [-0.15, -0.1) is 0 Å². The number of para-hydroxylation sites is 1. The number of nitrogens with one attached hydrogen (secondary N) is 1. The Bertz CT molecular complexity index is 923. The van der Waals surface area contributed by atoms with Crippen LogP contribution in [-0.2, 0) is 4.74 Å². The monoisotopic (exact) mass is 368 g/mol. The van der Waals surface area contributed by atoms with Crippen LogP contribution in [0.4, 0.5) is 10.5 Å². The number of aromatic amines is 1. The van der Waals surface area contributed by atoms with Crippen LogP contribution in [-0.4, -0.2) is 53.1 Å². The average molecular weight is 368 g/mol. The molecular weight excluding hydrogens is 348 g/mol. The first-order valence-electron chi connectivity index (χ1n) is 8.91. The van der Waals surface area contributed by atoms with E-state index in [9.17, 15) is 14.4 Å². The van der Waals surface area contributed by atoms with E-state index in [1.54, 1.807) is 7.05 Å². The highest BCUT2D eigenvalue weighted by molar-refractivity contribution is 5.93. The van der Waals surface area contributed by atoms with Crippen LogP contribution in [0.5, 0.6) is 0 Å². The van der Waals surface area contributed by atoms with Crippen molar-refractivity contribution in [3.8, 4) is 0 Å². The van der Waals surface area contributed by atoms with Gasteiger partial charge in [-0.2, -0.15) is 0 Å². The number of carbonyl (C=O) groups excluding carboxylic acids is 2. The first-order valence-corrected chi connectivity index (χ1v) is 8.91. The molecule has 2 aliphatic rings. The molecule has 0 radical (unpaired) electrons. The van der Waals surface area contributed by atoms with Crippen molar-refractivity contribution in [1.29, 1.82) is 0 Å². The van der Waals surface area contributed by atoms with Gasteiger partial charge in [0.15, 0.2) is 0 Å². The van der Waals surface area contributed by atoms with Crippen molar-refractivity contribution in [2.75, 3.05) is 25.0 Å². The number of benzene rings is 1. The fourth-order valence-corrected chi connectivity index (χ4v) is 3.15. The molecule has 2 amide bonds. The van der Waals surface area contributed by atoms with E-state index in [1.807, 2.05) is 30.3 Å². The first-order chi connectivity index (χ1) is 13.0. The molecule has 27 heavy (non-hydrogen) atoms. The zero-order chi connectivity index (χ0) is 19.0. The van der Waals surface area contributed by atoms with Gasteiger partial charge in [-0.25, -0.2) is 9.78 Å². The zero-order valence-electron chi connectivity index (χ0n) is 14.9. The van der Waals surface area contributed by atoms with Crippen molar-refractivity contribution in [2.45, 2.75) is 24.9 Å². The van der Waals surface area contributed by atoms with Crippen LogP contribution < -0.4 is 10.5 Å². The van der Waals surface area contributed by atoms with Gasteiger partial charge in [0.2, 0.25) is 0 Å². The molecule has 8 heteroatoms. The fourth-order valence-electron chi connectivity index (χ4n) is 3.15. The molecule has 140 valence electrons. The van der Waals surface area contributed by atoms with Crippen LogP contribution in [0.2, 0.25) is 0 Å². The van der Waals surface area contributed by atoms with Crippen LogP contribution in [0.1, 0.15) is 34.9 Å². The molecule has 1 atom stereocenters. The minimum absolute atomic E-state index is 0.00820. The third-order valence-corrected chi connectivity index (χ3v) is 4.78. The lowest BCUT2D eigenvalue weighted by Gasteiger charge is -2.20. The highest BCUT2D eigenvalue weighted by Crippen LogP contribution is 2.37. The van der Waals surface area contributed by atoms with Crippen LogP contribution >= 0.6 is 0 Å². The summed E-state index contributed by atoms with van der Waals surface area (Å²) in [4.78, 5) is 46.7. The Morgan fingerprint density at radius 3 is 2.70 bits per heavy atom. The van der Waals surface area contributed by atoms with Crippen LogP contribution in [0, 0.1) is 0 Å². The highest BCUT2D eigenvalue weighted by atomic mass is 16.6. The lowest BCUT2D eigenvalue weighted by molar-refractivity contribution is 0.0692. The molecule has 1 aromatic carbocycles. The van der Waals surface area contributed by atoms with Crippen molar-refractivity contribution in [3.63, 3.8) is 0 Å². The summed E-state index contributed by atoms with van der Waals surface area (Å²) in [5.41, 5.74) is 0.305. The Labute approximate surface area is 155 Å². The van der Waals surface area contributed by atoms with Gasteiger partial charge in [0.25, 0.3) is 11.5 Å². The van der Waals surface area contributed by atoms with E-state index >= 15 is 0 Å². The van der Waals surface area contributed by atoms with Gasteiger partial charge < -0.3 is 14.6 Å². The Morgan fingerprint density at radius 1 is 1.30 bits per heavy atom. The number of anilines is 1. The second-order valence-corrected chi connectivity index (χ2v) is 6.92. The molecule has 4 rings (SSSR count). The molecule has 1 N–H and O–H groups in total. The van der Waals surface area contributed by atoms with E-state index in [2.05, 4.69) is 9.97 Å². The molecule has 0 bridgehead atoms. The number of H-pyrrole nitrogens is 1. The Morgan fingerprint density at radius 2 is 2.04 bits per heavy atom. The Hall–Kier alpha value is -3.16. The summed E-state index contributed by atoms with van der Waals surface area (Å²) < 4.78 is 5.37. The van der Waals surface area contributed by atoms with Gasteiger partial charge in [0.05, 0.1) is 13.1 Å². The smallest absolute Gasteiger partial charge is 0.414 e. The third-order valence-electron chi connectivity index (χ3n) is 4.78. The van der Waals surface area contributed by atoms with Crippen LogP contribution in [0.15, 0.2) is 41.3 Å². The molecule has 1 aliphatic heterocycles. The quantitative estimate of drug-likeness (QED) is 0.867. The van der Waals surface area contributed by atoms with Crippen LogP contribution in [0.3, 0.4) is 0 Å². The number of hydrogen-bond acceptors (Lipinski definition) is 5. The Kier molecular flexibility index (Phi) is 4.39. The summed E-state index contributed by atoms with van der Waals surface area (Å²) in [5, 5.41) is 0. The molecule has 1 aliphatic carbocycles. The Balaban J connectivity index is 1.42. The molecule has 1 unspecified atom stereocenters. The van der Waals surface area contributed by atoms with Crippen LogP contribution in [0.25, 0.3) is 0 Å². The molecule has 1 saturated carbocycles. The maximum Gasteiger partial charge on any atom is 0.414 e.